The quantitative estimate of drug-likeness (QED) is 0.229. The van der Waals surface area contributed by atoms with Gasteiger partial charge in [-0.25, -0.2) is 23.3 Å². The number of aromatic nitrogens is 4. The average Bonchev–Trinajstić information content (AvgIpc) is 3.48. The number of nitriles is 1. The van der Waals surface area contributed by atoms with Crippen LogP contribution in [0.4, 0.5) is 16.6 Å². The van der Waals surface area contributed by atoms with Crippen LogP contribution < -0.4 is 15.5 Å². The molecule has 0 saturated carbocycles. The Bertz CT molecular complexity index is 2020. The maximum Gasteiger partial charge on any atom is 0.329 e. The number of likely N-dealkylation sites (tertiary alicyclic amines) is 1. The lowest BCUT2D eigenvalue weighted by Gasteiger charge is -2.34. The molecule has 15 heteroatoms. The molecule has 2 N–H and O–H groups in total. The Morgan fingerprint density at radius 1 is 1.04 bits per heavy atom. The summed E-state index contributed by atoms with van der Waals surface area (Å²) in [5.74, 6) is 1.64. The number of nitrogens with zero attached hydrogens (tertiary/aromatic N) is 8. The Morgan fingerprint density at radius 3 is 2.50 bits per heavy atom. The first-order valence-electron chi connectivity index (χ1n) is 17.9. The van der Waals surface area contributed by atoms with Gasteiger partial charge in [0.05, 0.1) is 39.5 Å². The van der Waals surface area contributed by atoms with Crippen LogP contribution in [0.25, 0.3) is 10.9 Å². The fourth-order valence-corrected chi connectivity index (χ4v) is 8.98. The van der Waals surface area contributed by atoms with Crippen molar-refractivity contribution in [2.45, 2.75) is 62.3 Å². The Hall–Kier alpha value is -4.42. The van der Waals surface area contributed by atoms with Crippen molar-refractivity contribution in [1.29, 1.82) is 5.26 Å². The number of halogens is 1. The summed E-state index contributed by atoms with van der Waals surface area (Å²) in [7, 11) is 0.548. The molecule has 0 bridgehead atoms. The SMILES string of the molecule is CC(Cc1ccc(S(=O)N2CCC(Nc3ncc(Cl)cn3)CC2)cc1C#N)CN1CCC(c2ccc3c(N4CCC(=O)NC4=O)nn(C)c3c2)CC1. The zero-order valence-corrected chi connectivity index (χ0v) is 31.0. The highest BCUT2D eigenvalue weighted by atomic mass is 35.5. The molecule has 4 aromatic rings. The molecule has 3 saturated heterocycles. The molecule has 0 spiro atoms. The van der Waals surface area contributed by atoms with Crippen LogP contribution in [0.2, 0.25) is 5.02 Å². The van der Waals surface area contributed by atoms with Crippen LogP contribution in [0.5, 0.6) is 0 Å². The fraction of sp³-hybridized carbons (Fsp3) is 0.459. The van der Waals surface area contributed by atoms with Crippen molar-refractivity contribution < 1.29 is 13.8 Å². The van der Waals surface area contributed by atoms with Gasteiger partial charge in [-0.2, -0.15) is 10.4 Å². The molecule has 272 valence electrons. The van der Waals surface area contributed by atoms with E-state index in [1.54, 1.807) is 23.4 Å². The van der Waals surface area contributed by atoms with Crippen molar-refractivity contribution in [2.24, 2.45) is 13.0 Å². The van der Waals surface area contributed by atoms with Crippen LogP contribution >= 0.6 is 11.6 Å². The number of imide groups is 1. The second-order valence-electron chi connectivity index (χ2n) is 14.1. The van der Waals surface area contributed by atoms with Crippen LogP contribution in [0.3, 0.4) is 0 Å². The van der Waals surface area contributed by atoms with Gasteiger partial charge in [0, 0.05) is 51.1 Å². The minimum atomic E-state index is -1.34. The summed E-state index contributed by atoms with van der Waals surface area (Å²) < 4.78 is 17.3. The number of urea groups is 1. The van der Waals surface area contributed by atoms with Gasteiger partial charge in [-0.05, 0) is 92.4 Å². The van der Waals surface area contributed by atoms with E-state index in [0.29, 0.717) is 58.7 Å². The Balaban J connectivity index is 0.900. The summed E-state index contributed by atoms with van der Waals surface area (Å²) in [6.45, 7) is 6.81. The number of rotatable bonds is 10. The third-order valence-electron chi connectivity index (χ3n) is 10.4. The summed E-state index contributed by atoms with van der Waals surface area (Å²) in [5, 5.41) is 21.8. The summed E-state index contributed by atoms with van der Waals surface area (Å²) in [6.07, 6.45) is 7.88. The molecule has 5 heterocycles. The van der Waals surface area contributed by atoms with E-state index in [9.17, 15) is 19.1 Å². The molecule has 0 radical (unpaired) electrons. The summed E-state index contributed by atoms with van der Waals surface area (Å²) in [4.78, 5) is 37.3. The number of amides is 3. The molecule has 3 amide bonds. The van der Waals surface area contributed by atoms with E-state index < -0.39 is 17.0 Å². The van der Waals surface area contributed by atoms with E-state index in [1.165, 1.54) is 5.56 Å². The van der Waals surface area contributed by atoms with Crippen LogP contribution in [0.15, 0.2) is 53.7 Å². The minimum absolute atomic E-state index is 0.190. The number of hydrogen-bond acceptors (Lipinski definition) is 9. The van der Waals surface area contributed by atoms with E-state index in [4.69, 9.17) is 11.6 Å². The summed E-state index contributed by atoms with van der Waals surface area (Å²) >= 11 is 5.89. The number of hydrogen-bond donors (Lipinski definition) is 2. The monoisotopic (exact) mass is 742 g/mol. The van der Waals surface area contributed by atoms with Gasteiger partial charge in [0.25, 0.3) is 0 Å². The second kappa shape index (κ2) is 15.7. The van der Waals surface area contributed by atoms with Gasteiger partial charge in [0.1, 0.15) is 11.0 Å². The Labute approximate surface area is 310 Å². The lowest BCUT2D eigenvalue weighted by molar-refractivity contribution is -0.120. The van der Waals surface area contributed by atoms with E-state index in [1.807, 2.05) is 28.2 Å². The number of carbonyl (C=O) groups is 2. The first kappa shape index (κ1) is 36.0. The van der Waals surface area contributed by atoms with Crippen molar-refractivity contribution in [2.75, 3.05) is 49.5 Å². The average molecular weight is 743 g/mol. The largest absolute Gasteiger partial charge is 0.351 e. The molecular weight excluding hydrogens is 700 g/mol. The molecule has 13 nitrogen and oxygen atoms in total. The highest BCUT2D eigenvalue weighted by Gasteiger charge is 2.29. The summed E-state index contributed by atoms with van der Waals surface area (Å²) in [5.41, 5.74) is 3.83. The van der Waals surface area contributed by atoms with Crippen LogP contribution in [0, 0.1) is 17.2 Å². The second-order valence-corrected chi connectivity index (χ2v) is 16.0. The van der Waals surface area contributed by atoms with Crippen LogP contribution in [-0.4, -0.2) is 90.4 Å². The Morgan fingerprint density at radius 2 is 1.79 bits per heavy atom. The molecule has 2 atom stereocenters. The number of piperidine rings is 2. The van der Waals surface area contributed by atoms with Gasteiger partial charge < -0.3 is 10.2 Å². The first-order valence-corrected chi connectivity index (χ1v) is 19.4. The highest BCUT2D eigenvalue weighted by molar-refractivity contribution is 7.82. The third kappa shape index (κ3) is 7.97. The number of fused-ring (bicyclic) bond motifs is 1. The van der Waals surface area contributed by atoms with E-state index in [0.717, 1.165) is 68.2 Å². The molecule has 0 aliphatic carbocycles. The van der Waals surface area contributed by atoms with Gasteiger partial charge in [-0.3, -0.25) is 19.7 Å². The van der Waals surface area contributed by atoms with Gasteiger partial charge in [0.15, 0.2) is 5.82 Å². The van der Waals surface area contributed by atoms with E-state index >= 15 is 0 Å². The Kier molecular flexibility index (Phi) is 10.8. The minimum Gasteiger partial charge on any atom is -0.351 e. The maximum atomic E-state index is 13.5. The number of aryl methyl sites for hydroxylation is 1. The first-order chi connectivity index (χ1) is 25.1. The molecule has 52 heavy (non-hydrogen) atoms. The van der Waals surface area contributed by atoms with Gasteiger partial charge in [0.2, 0.25) is 11.9 Å². The van der Waals surface area contributed by atoms with Gasteiger partial charge >= 0.3 is 6.03 Å². The zero-order valence-electron chi connectivity index (χ0n) is 29.4. The zero-order chi connectivity index (χ0) is 36.4. The molecule has 2 aromatic carbocycles. The third-order valence-corrected chi connectivity index (χ3v) is 12.1. The van der Waals surface area contributed by atoms with Crippen molar-refractivity contribution >= 4 is 57.2 Å². The van der Waals surface area contributed by atoms with Crippen molar-refractivity contribution in [3.8, 4) is 6.07 Å². The molecule has 2 aromatic heterocycles. The normalized spacial score (nSPS) is 19.4. The smallest absolute Gasteiger partial charge is 0.329 e. The van der Waals surface area contributed by atoms with Crippen LogP contribution in [0.1, 0.15) is 61.6 Å². The molecule has 3 aliphatic rings. The van der Waals surface area contributed by atoms with Crippen LogP contribution in [-0.2, 0) is 29.2 Å². The molecular formula is C37H43ClN10O3S. The standard InChI is InChI=1S/C37H43ClN10O3S/c1-24(17-26-3-5-31(18-28(26)20-39)52(51)47-14-9-30(10-15-47)42-36-40-21-29(38)22-41-36)23-46-12-7-25(8-13-46)27-4-6-32-33(19-27)45(2)44-35(32)48-16-11-34(49)43-37(48)50/h3-6,18-19,21-22,24-25,30H,7-17,23H2,1-2H3,(H,40,41,42)(H,43,49,50). The van der Waals surface area contributed by atoms with Gasteiger partial charge in [-0.1, -0.05) is 30.7 Å². The number of carbonyl (C=O) groups excluding carboxylic acids is 2. The van der Waals surface area contributed by atoms with Crippen molar-refractivity contribution in [3.63, 3.8) is 0 Å². The molecule has 2 unspecified atom stereocenters. The molecule has 7 rings (SSSR count). The molecule has 3 fully saturated rings. The maximum absolute atomic E-state index is 13.5. The highest BCUT2D eigenvalue weighted by Crippen LogP contribution is 2.34. The van der Waals surface area contributed by atoms with Crippen molar-refractivity contribution in [3.05, 3.63) is 70.5 Å². The predicted octanol–water partition coefficient (Wildman–Crippen LogP) is 4.99. The number of benzene rings is 2. The molecule has 3 aliphatic heterocycles. The number of anilines is 2. The lowest BCUT2D eigenvalue weighted by Crippen LogP contribution is -2.49. The van der Waals surface area contributed by atoms with E-state index in [2.05, 4.69) is 61.8 Å². The lowest BCUT2D eigenvalue weighted by atomic mass is 9.88. The van der Waals surface area contributed by atoms with Crippen molar-refractivity contribution in [1.82, 2.24) is 34.3 Å². The number of nitrogens with one attached hydrogen (secondary N) is 2. The predicted molar refractivity (Wildman–Crippen MR) is 200 cm³/mol. The van der Waals surface area contributed by atoms with E-state index in [-0.39, 0.29) is 18.4 Å². The fourth-order valence-electron chi connectivity index (χ4n) is 7.64. The van der Waals surface area contributed by atoms with Gasteiger partial charge in [-0.15, -0.1) is 0 Å². The summed E-state index contributed by atoms with van der Waals surface area (Å²) in [6, 6.07) is 14.2. The topological polar surface area (TPSA) is 152 Å².